The second-order valence-corrected chi connectivity index (χ2v) is 9.47. The van der Waals surface area contributed by atoms with Crippen LogP contribution >= 0.6 is 11.3 Å². The Morgan fingerprint density at radius 2 is 1.81 bits per heavy atom. The van der Waals surface area contributed by atoms with Gasteiger partial charge in [-0.3, -0.25) is 24.3 Å². The van der Waals surface area contributed by atoms with Gasteiger partial charge in [0.1, 0.15) is 11.5 Å². The lowest BCUT2D eigenvalue weighted by Crippen LogP contribution is -2.29. The Balaban J connectivity index is 1.80. The summed E-state index contributed by atoms with van der Waals surface area (Å²) in [6, 6.07) is 9.29. The number of thiazole rings is 1. The van der Waals surface area contributed by atoms with Crippen molar-refractivity contribution in [3.63, 3.8) is 0 Å². The molecule has 1 amide bonds. The Morgan fingerprint density at radius 1 is 1.11 bits per heavy atom. The molecule has 1 saturated heterocycles. The molecule has 1 aliphatic heterocycles. The Morgan fingerprint density at radius 3 is 2.42 bits per heavy atom. The van der Waals surface area contributed by atoms with Crippen LogP contribution in [0.5, 0.6) is 5.75 Å². The summed E-state index contributed by atoms with van der Waals surface area (Å²) in [4.78, 5) is 48.6. The number of hydrogen-bond acceptors (Lipinski definition) is 8. The molecule has 1 unspecified atom stereocenters. The third kappa shape index (κ3) is 4.92. The van der Waals surface area contributed by atoms with Gasteiger partial charge in [-0.25, -0.2) is 4.98 Å². The van der Waals surface area contributed by atoms with E-state index in [2.05, 4.69) is 16.9 Å². The van der Waals surface area contributed by atoms with Crippen molar-refractivity contribution in [2.45, 2.75) is 46.1 Å². The summed E-state index contributed by atoms with van der Waals surface area (Å²) in [6.45, 7) is 5.84. The SMILES string of the molecule is CCCCCOc1ccc(C2/C(=C(\O)c3ccncc3)C(=O)C(=O)N2c2nc(C)c(C(C)=O)s2)cc1. The Kier molecular flexibility index (Phi) is 7.59. The first-order valence-electron chi connectivity index (χ1n) is 11.8. The quantitative estimate of drug-likeness (QED) is 0.139. The number of carbonyl (C=O) groups excluding carboxylic acids is 3. The van der Waals surface area contributed by atoms with Crippen molar-refractivity contribution in [1.29, 1.82) is 0 Å². The molecule has 4 rings (SSSR count). The molecular formula is C27H27N3O5S. The first-order valence-corrected chi connectivity index (χ1v) is 12.6. The fourth-order valence-electron chi connectivity index (χ4n) is 4.11. The lowest BCUT2D eigenvalue weighted by atomic mass is 9.95. The van der Waals surface area contributed by atoms with E-state index in [1.165, 1.54) is 24.2 Å². The van der Waals surface area contributed by atoms with Crippen molar-refractivity contribution in [2.75, 3.05) is 11.5 Å². The fourth-order valence-corrected chi connectivity index (χ4v) is 5.10. The minimum absolute atomic E-state index is 0.0555. The second kappa shape index (κ2) is 10.8. The Labute approximate surface area is 213 Å². The van der Waals surface area contributed by atoms with Crippen LogP contribution in [0.2, 0.25) is 0 Å². The summed E-state index contributed by atoms with van der Waals surface area (Å²) >= 11 is 1.05. The number of pyridine rings is 1. The summed E-state index contributed by atoms with van der Waals surface area (Å²) in [7, 11) is 0. The van der Waals surface area contributed by atoms with Gasteiger partial charge in [-0.2, -0.15) is 0 Å². The van der Waals surface area contributed by atoms with Crippen LogP contribution in [-0.2, 0) is 9.59 Å². The number of hydrogen-bond donors (Lipinski definition) is 1. The van der Waals surface area contributed by atoms with E-state index in [-0.39, 0.29) is 22.2 Å². The van der Waals surface area contributed by atoms with Crippen molar-refractivity contribution in [1.82, 2.24) is 9.97 Å². The highest BCUT2D eigenvalue weighted by Gasteiger charge is 2.48. The van der Waals surface area contributed by atoms with E-state index in [0.29, 0.717) is 34.1 Å². The molecule has 1 atom stereocenters. The molecule has 186 valence electrons. The van der Waals surface area contributed by atoms with Crippen molar-refractivity contribution < 1.29 is 24.2 Å². The van der Waals surface area contributed by atoms with Gasteiger partial charge in [0, 0.05) is 24.9 Å². The van der Waals surface area contributed by atoms with E-state index in [1.807, 2.05) is 0 Å². The number of ether oxygens (including phenoxy) is 1. The predicted molar refractivity (Wildman–Crippen MR) is 137 cm³/mol. The zero-order valence-corrected chi connectivity index (χ0v) is 21.2. The molecule has 0 radical (unpaired) electrons. The predicted octanol–water partition coefficient (Wildman–Crippen LogP) is 5.24. The van der Waals surface area contributed by atoms with E-state index >= 15 is 0 Å². The van der Waals surface area contributed by atoms with E-state index in [4.69, 9.17) is 4.74 Å². The van der Waals surface area contributed by atoms with Crippen LogP contribution in [0.25, 0.3) is 5.76 Å². The lowest BCUT2D eigenvalue weighted by Gasteiger charge is -2.23. The van der Waals surface area contributed by atoms with Gasteiger partial charge in [-0.1, -0.05) is 43.2 Å². The fraction of sp³-hybridized carbons (Fsp3) is 0.296. The summed E-state index contributed by atoms with van der Waals surface area (Å²) in [5.74, 6) is -1.45. The van der Waals surface area contributed by atoms with Gasteiger partial charge in [-0.15, -0.1) is 0 Å². The first-order chi connectivity index (χ1) is 17.3. The van der Waals surface area contributed by atoms with Crippen molar-refractivity contribution in [3.8, 4) is 5.75 Å². The third-order valence-electron chi connectivity index (χ3n) is 5.92. The normalized spacial score (nSPS) is 17.0. The number of aryl methyl sites for hydroxylation is 1. The molecule has 0 bridgehead atoms. The largest absolute Gasteiger partial charge is 0.507 e. The van der Waals surface area contributed by atoms with Crippen LogP contribution in [0.1, 0.15) is 65.6 Å². The molecule has 3 heterocycles. The lowest BCUT2D eigenvalue weighted by molar-refractivity contribution is -0.132. The number of carbonyl (C=O) groups is 3. The molecule has 36 heavy (non-hydrogen) atoms. The molecular weight excluding hydrogens is 478 g/mol. The van der Waals surface area contributed by atoms with Crippen molar-refractivity contribution >= 4 is 39.7 Å². The molecule has 1 fully saturated rings. The van der Waals surface area contributed by atoms with Crippen LogP contribution in [0.3, 0.4) is 0 Å². The number of anilines is 1. The number of unbranched alkanes of at least 4 members (excludes halogenated alkanes) is 2. The molecule has 0 aliphatic carbocycles. The number of amides is 1. The molecule has 3 aromatic rings. The minimum atomic E-state index is -0.933. The van der Waals surface area contributed by atoms with E-state index in [0.717, 1.165) is 30.6 Å². The van der Waals surface area contributed by atoms with E-state index < -0.39 is 17.7 Å². The molecule has 8 nitrogen and oxygen atoms in total. The maximum atomic E-state index is 13.3. The van der Waals surface area contributed by atoms with Gasteiger partial charge in [0.15, 0.2) is 10.9 Å². The van der Waals surface area contributed by atoms with Crippen LogP contribution in [0, 0.1) is 6.92 Å². The average Bonchev–Trinajstić information content (AvgIpc) is 3.39. The highest BCUT2D eigenvalue weighted by Crippen LogP contribution is 2.44. The number of ketones is 2. The van der Waals surface area contributed by atoms with Gasteiger partial charge < -0.3 is 9.84 Å². The maximum Gasteiger partial charge on any atom is 0.301 e. The number of aliphatic hydroxyl groups excluding tert-OH is 1. The monoisotopic (exact) mass is 505 g/mol. The van der Waals surface area contributed by atoms with Gasteiger partial charge >= 0.3 is 5.91 Å². The number of benzene rings is 1. The molecule has 0 spiro atoms. The number of nitrogens with zero attached hydrogens (tertiary/aromatic N) is 3. The first kappa shape index (κ1) is 25.2. The number of Topliss-reactive ketones (excluding diaryl/α,β-unsaturated/α-hetero) is 2. The summed E-state index contributed by atoms with van der Waals surface area (Å²) in [5, 5.41) is 11.4. The zero-order valence-electron chi connectivity index (χ0n) is 20.4. The van der Waals surface area contributed by atoms with Crippen LogP contribution < -0.4 is 9.64 Å². The summed E-state index contributed by atoms with van der Waals surface area (Å²) in [6.07, 6.45) is 6.12. The number of aliphatic hydroxyl groups is 1. The minimum Gasteiger partial charge on any atom is -0.507 e. The van der Waals surface area contributed by atoms with Gasteiger partial charge in [0.25, 0.3) is 5.78 Å². The topological polar surface area (TPSA) is 110 Å². The second-order valence-electron chi connectivity index (χ2n) is 8.50. The van der Waals surface area contributed by atoms with Gasteiger partial charge in [-0.05, 0) is 43.2 Å². The van der Waals surface area contributed by atoms with Gasteiger partial charge in [0.05, 0.1) is 28.8 Å². The molecule has 0 saturated carbocycles. The summed E-state index contributed by atoms with van der Waals surface area (Å²) < 4.78 is 5.80. The molecule has 1 aromatic carbocycles. The highest BCUT2D eigenvalue weighted by molar-refractivity contribution is 7.18. The molecule has 2 aromatic heterocycles. The van der Waals surface area contributed by atoms with E-state index in [1.54, 1.807) is 43.3 Å². The molecule has 9 heteroatoms. The molecule has 1 aliphatic rings. The molecule has 1 N–H and O–H groups in total. The van der Waals surface area contributed by atoms with Gasteiger partial charge in [0.2, 0.25) is 0 Å². The van der Waals surface area contributed by atoms with Crippen LogP contribution in [0.15, 0.2) is 54.4 Å². The van der Waals surface area contributed by atoms with Crippen molar-refractivity contribution in [2.24, 2.45) is 0 Å². The smallest absolute Gasteiger partial charge is 0.301 e. The number of rotatable bonds is 9. The number of aromatic nitrogens is 2. The Hall–Kier alpha value is -3.85. The highest BCUT2D eigenvalue weighted by atomic mass is 32.1. The Bertz CT molecular complexity index is 1310. The van der Waals surface area contributed by atoms with Crippen LogP contribution in [0.4, 0.5) is 5.13 Å². The average molecular weight is 506 g/mol. The zero-order chi connectivity index (χ0) is 25.8. The maximum absolute atomic E-state index is 13.3. The van der Waals surface area contributed by atoms with E-state index in [9.17, 15) is 19.5 Å². The summed E-state index contributed by atoms with van der Waals surface area (Å²) in [5.41, 5.74) is 1.39. The van der Waals surface area contributed by atoms with Crippen LogP contribution in [-0.4, -0.2) is 39.2 Å². The third-order valence-corrected chi connectivity index (χ3v) is 7.18. The van der Waals surface area contributed by atoms with Crippen molar-refractivity contribution in [3.05, 3.63) is 76.1 Å². The standard InChI is InChI=1S/C27H27N3O5S/c1-4-5-6-15-35-20-9-7-18(8-10-20)22-21(23(32)19-11-13-28-14-12-19)24(33)26(34)30(22)27-29-16(2)25(36-27)17(3)31/h7-14,22,32H,4-6,15H2,1-3H3/b23-21+.